The third-order valence-electron chi connectivity index (χ3n) is 4.97. The number of aliphatic hydroxyl groups is 1. The van der Waals surface area contributed by atoms with Gasteiger partial charge in [-0.15, -0.1) is 0 Å². The highest BCUT2D eigenvalue weighted by Gasteiger charge is 2.20. The maximum atomic E-state index is 12.8. The summed E-state index contributed by atoms with van der Waals surface area (Å²) in [7, 11) is 0. The number of carbonyl (C=O) groups is 3. The average Bonchev–Trinajstić information content (AvgIpc) is 2.76. The molecule has 0 saturated heterocycles. The second-order valence-corrected chi connectivity index (χ2v) is 7.20. The van der Waals surface area contributed by atoms with E-state index in [1.807, 2.05) is 6.07 Å². The molecule has 1 heterocycles. The van der Waals surface area contributed by atoms with Crippen LogP contribution in [-0.4, -0.2) is 41.8 Å². The first-order valence-corrected chi connectivity index (χ1v) is 9.95. The molecular formula is C22H25N5O4. The van der Waals surface area contributed by atoms with Gasteiger partial charge in [0.05, 0.1) is 6.61 Å². The van der Waals surface area contributed by atoms with Crippen LogP contribution >= 0.6 is 0 Å². The van der Waals surface area contributed by atoms with E-state index in [0.717, 1.165) is 11.3 Å². The van der Waals surface area contributed by atoms with Crippen LogP contribution < -0.4 is 21.3 Å². The first-order chi connectivity index (χ1) is 14.9. The summed E-state index contributed by atoms with van der Waals surface area (Å²) in [6.07, 6.45) is 0.931. The molecule has 3 rings (SSSR count). The molecule has 2 aromatic carbocycles. The molecule has 0 aromatic heterocycles. The molecule has 2 aromatic rings. The molecule has 3 amide bonds. The predicted octanol–water partition coefficient (Wildman–Crippen LogP) is 1.60. The summed E-state index contributed by atoms with van der Waals surface area (Å²) >= 11 is 0. The normalized spacial score (nSPS) is 12.5. The zero-order valence-electron chi connectivity index (χ0n) is 17.0. The van der Waals surface area contributed by atoms with Crippen molar-refractivity contribution in [1.82, 2.24) is 0 Å². The van der Waals surface area contributed by atoms with Gasteiger partial charge in [0, 0.05) is 48.4 Å². The number of aryl methyl sites for hydroxylation is 1. The van der Waals surface area contributed by atoms with Crippen LogP contribution in [-0.2, 0) is 20.8 Å². The van der Waals surface area contributed by atoms with E-state index in [-0.39, 0.29) is 49.6 Å². The van der Waals surface area contributed by atoms with Crippen LogP contribution in [0.5, 0.6) is 0 Å². The minimum Gasteiger partial charge on any atom is -0.395 e. The van der Waals surface area contributed by atoms with E-state index < -0.39 is 0 Å². The molecule has 0 radical (unpaired) electrons. The Morgan fingerprint density at radius 3 is 2.55 bits per heavy atom. The van der Waals surface area contributed by atoms with Crippen LogP contribution in [0.3, 0.4) is 0 Å². The Bertz CT molecular complexity index is 1000. The predicted molar refractivity (Wildman–Crippen MR) is 118 cm³/mol. The highest BCUT2D eigenvalue weighted by atomic mass is 16.3. The van der Waals surface area contributed by atoms with E-state index in [2.05, 4.69) is 10.6 Å². The Kier molecular flexibility index (Phi) is 6.99. The van der Waals surface area contributed by atoms with Gasteiger partial charge in [-0.05, 0) is 54.4 Å². The zero-order chi connectivity index (χ0) is 22.4. The molecule has 162 valence electrons. The topological polar surface area (TPSA) is 149 Å². The number of amidine groups is 1. The van der Waals surface area contributed by atoms with E-state index in [1.54, 1.807) is 36.4 Å². The number of aliphatic hydroxyl groups excluding tert-OH is 1. The number of fused-ring (bicyclic) bond motifs is 1. The van der Waals surface area contributed by atoms with Crippen molar-refractivity contribution in [2.24, 2.45) is 5.73 Å². The van der Waals surface area contributed by atoms with E-state index in [0.29, 0.717) is 29.8 Å². The van der Waals surface area contributed by atoms with Gasteiger partial charge in [-0.1, -0.05) is 0 Å². The van der Waals surface area contributed by atoms with Crippen molar-refractivity contribution in [3.63, 3.8) is 0 Å². The number of anilines is 3. The summed E-state index contributed by atoms with van der Waals surface area (Å²) in [5, 5.41) is 22.3. The molecule has 0 saturated carbocycles. The van der Waals surface area contributed by atoms with Crippen LogP contribution in [0.25, 0.3) is 0 Å². The number of benzene rings is 2. The molecule has 0 spiro atoms. The fourth-order valence-corrected chi connectivity index (χ4v) is 3.35. The number of nitrogens with two attached hydrogens (primary N) is 1. The van der Waals surface area contributed by atoms with Crippen molar-refractivity contribution in [3.8, 4) is 0 Å². The van der Waals surface area contributed by atoms with Crippen molar-refractivity contribution in [1.29, 1.82) is 5.41 Å². The van der Waals surface area contributed by atoms with Gasteiger partial charge >= 0.3 is 0 Å². The fraction of sp³-hybridized carbons (Fsp3) is 0.273. The highest BCUT2D eigenvalue weighted by molar-refractivity contribution is 6.00. The van der Waals surface area contributed by atoms with Crippen LogP contribution in [0.4, 0.5) is 17.1 Å². The van der Waals surface area contributed by atoms with Crippen molar-refractivity contribution in [2.75, 3.05) is 28.7 Å². The summed E-state index contributed by atoms with van der Waals surface area (Å²) in [6, 6.07) is 11.8. The summed E-state index contributed by atoms with van der Waals surface area (Å²) in [4.78, 5) is 38.0. The van der Waals surface area contributed by atoms with Gasteiger partial charge in [-0.2, -0.15) is 0 Å². The average molecular weight is 423 g/mol. The van der Waals surface area contributed by atoms with Gasteiger partial charge in [0.2, 0.25) is 17.7 Å². The quantitative estimate of drug-likeness (QED) is 0.323. The van der Waals surface area contributed by atoms with Crippen LogP contribution in [0, 0.1) is 5.41 Å². The standard InChI is InChI=1S/C22H25N5O4/c23-22(24)14-1-4-16(5-2-14)25-19(29)9-10-21(31)27(11-12-28)17-6-7-18-15(13-17)3-8-20(30)26-18/h1-2,4-7,13,28H,3,8-12H2,(H3,23,24)(H,25,29)(H,26,30). The number of hydrogen-bond acceptors (Lipinski definition) is 5. The van der Waals surface area contributed by atoms with Gasteiger partial charge in [0.1, 0.15) is 5.84 Å². The van der Waals surface area contributed by atoms with Gasteiger partial charge in [-0.3, -0.25) is 19.8 Å². The number of amides is 3. The second kappa shape index (κ2) is 9.86. The Labute approximate surface area is 179 Å². The minimum absolute atomic E-state index is 0.0176. The maximum Gasteiger partial charge on any atom is 0.227 e. The Balaban J connectivity index is 1.61. The number of carbonyl (C=O) groups excluding carboxylic acids is 3. The molecule has 6 N–H and O–H groups in total. The minimum atomic E-state index is -0.318. The Hall–Kier alpha value is -3.72. The molecule has 1 aliphatic heterocycles. The highest BCUT2D eigenvalue weighted by Crippen LogP contribution is 2.28. The maximum absolute atomic E-state index is 12.8. The molecule has 1 aliphatic rings. The SMILES string of the molecule is N=C(N)c1ccc(NC(=O)CCC(=O)N(CCO)c2ccc3c(c2)CCC(=O)N3)cc1. The van der Waals surface area contributed by atoms with Crippen molar-refractivity contribution in [3.05, 3.63) is 53.6 Å². The van der Waals surface area contributed by atoms with Crippen LogP contribution in [0.1, 0.15) is 30.4 Å². The molecule has 0 unspecified atom stereocenters. The lowest BCUT2D eigenvalue weighted by atomic mass is 10.0. The summed E-state index contributed by atoms with van der Waals surface area (Å²) < 4.78 is 0. The van der Waals surface area contributed by atoms with Crippen molar-refractivity contribution in [2.45, 2.75) is 25.7 Å². The van der Waals surface area contributed by atoms with Gasteiger partial charge in [0.25, 0.3) is 0 Å². The number of nitrogens with one attached hydrogen (secondary N) is 3. The molecule has 0 atom stereocenters. The zero-order valence-corrected chi connectivity index (χ0v) is 17.0. The molecule has 31 heavy (non-hydrogen) atoms. The van der Waals surface area contributed by atoms with Gasteiger partial charge in [0.15, 0.2) is 0 Å². The van der Waals surface area contributed by atoms with E-state index in [1.165, 1.54) is 4.90 Å². The molecule has 0 fully saturated rings. The van der Waals surface area contributed by atoms with Crippen molar-refractivity contribution < 1.29 is 19.5 Å². The molecule has 0 aliphatic carbocycles. The monoisotopic (exact) mass is 423 g/mol. The summed E-state index contributed by atoms with van der Waals surface area (Å²) in [5.74, 6) is -0.695. The second-order valence-electron chi connectivity index (χ2n) is 7.20. The fourth-order valence-electron chi connectivity index (χ4n) is 3.35. The lowest BCUT2D eigenvalue weighted by molar-refractivity contribution is -0.122. The largest absolute Gasteiger partial charge is 0.395 e. The van der Waals surface area contributed by atoms with Crippen LogP contribution in [0.2, 0.25) is 0 Å². The lowest BCUT2D eigenvalue weighted by Crippen LogP contribution is -2.34. The summed E-state index contributed by atoms with van der Waals surface area (Å²) in [5.41, 5.74) is 8.79. The van der Waals surface area contributed by atoms with E-state index in [4.69, 9.17) is 11.1 Å². The van der Waals surface area contributed by atoms with E-state index in [9.17, 15) is 19.5 Å². The van der Waals surface area contributed by atoms with Gasteiger partial charge < -0.3 is 26.4 Å². The molecule has 9 nitrogen and oxygen atoms in total. The van der Waals surface area contributed by atoms with Crippen molar-refractivity contribution >= 4 is 40.6 Å². The number of rotatable bonds is 8. The number of nitrogen functional groups attached to an aromatic ring is 1. The molecule has 9 heteroatoms. The Morgan fingerprint density at radius 2 is 1.87 bits per heavy atom. The first-order valence-electron chi connectivity index (χ1n) is 9.95. The smallest absolute Gasteiger partial charge is 0.227 e. The van der Waals surface area contributed by atoms with Gasteiger partial charge in [-0.25, -0.2) is 0 Å². The molecular weight excluding hydrogens is 398 g/mol. The van der Waals surface area contributed by atoms with E-state index >= 15 is 0 Å². The third-order valence-corrected chi connectivity index (χ3v) is 4.97. The number of hydrogen-bond donors (Lipinski definition) is 5. The lowest BCUT2D eigenvalue weighted by Gasteiger charge is -2.25. The first kappa shape index (κ1) is 22.0. The molecule has 0 bridgehead atoms. The number of nitrogens with zero attached hydrogens (tertiary/aromatic N) is 1. The third kappa shape index (κ3) is 5.67. The Morgan fingerprint density at radius 1 is 1.13 bits per heavy atom. The van der Waals surface area contributed by atoms with Crippen LogP contribution in [0.15, 0.2) is 42.5 Å². The summed E-state index contributed by atoms with van der Waals surface area (Å²) in [6.45, 7) is -0.105.